The molecule has 0 atom stereocenters. The monoisotopic (exact) mass is 300 g/mol. The van der Waals surface area contributed by atoms with E-state index in [4.69, 9.17) is 17.3 Å². The molecule has 0 amide bonds. The molecule has 2 aliphatic carbocycles. The van der Waals surface area contributed by atoms with E-state index < -0.39 is 10.0 Å². The summed E-state index contributed by atoms with van der Waals surface area (Å²) in [7, 11) is -3.58. The predicted molar refractivity (Wildman–Crippen MR) is 75.4 cm³/mol. The average Bonchev–Trinajstić information content (AvgIpc) is 3.22. The standard InChI is InChI=1S/C13H17ClN2O2S/c14-11-6-5-10(15)7-12(11)19(17,18)16-13(8-1-2-8)9-3-4-9/h5-9,13,16H,1-4,15H2. The van der Waals surface area contributed by atoms with Gasteiger partial charge in [0.2, 0.25) is 10.0 Å². The summed E-state index contributed by atoms with van der Waals surface area (Å²) in [5.74, 6) is 1.00. The van der Waals surface area contributed by atoms with Crippen molar-refractivity contribution in [2.24, 2.45) is 11.8 Å². The lowest BCUT2D eigenvalue weighted by atomic mass is 10.1. The first-order chi connectivity index (χ1) is 8.97. The zero-order valence-electron chi connectivity index (χ0n) is 10.5. The summed E-state index contributed by atoms with van der Waals surface area (Å²) in [4.78, 5) is 0.0838. The largest absolute Gasteiger partial charge is 0.399 e. The Hall–Kier alpha value is -0.780. The van der Waals surface area contributed by atoms with Crippen LogP contribution in [0, 0.1) is 11.8 Å². The van der Waals surface area contributed by atoms with E-state index in [-0.39, 0.29) is 16.0 Å². The molecular formula is C13H17ClN2O2S. The third kappa shape index (κ3) is 2.88. The Balaban J connectivity index is 1.87. The summed E-state index contributed by atoms with van der Waals surface area (Å²) >= 11 is 5.98. The van der Waals surface area contributed by atoms with E-state index >= 15 is 0 Å². The smallest absolute Gasteiger partial charge is 0.242 e. The van der Waals surface area contributed by atoms with Gasteiger partial charge >= 0.3 is 0 Å². The van der Waals surface area contributed by atoms with Gasteiger partial charge in [-0.3, -0.25) is 0 Å². The number of anilines is 1. The number of rotatable bonds is 5. The van der Waals surface area contributed by atoms with Crippen LogP contribution in [0.1, 0.15) is 25.7 Å². The molecule has 0 aliphatic heterocycles. The molecule has 0 radical (unpaired) electrons. The Morgan fingerprint density at radius 3 is 2.32 bits per heavy atom. The van der Waals surface area contributed by atoms with Gasteiger partial charge < -0.3 is 5.73 Å². The van der Waals surface area contributed by atoms with E-state index in [1.807, 2.05) is 0 Å². The number of nitrogens with one attached hydrogen (secondary N) is 1. The van der Waals surface area contributed by atoms with Gasteiger partial charge in [-0.15, -0.1) is 0 Å². The number of nitrogens with two attached hydrogens (primary N) is 1. The molecule has 6 heteroatoms. The first kappa shape index (κ1) is 13.2. The van der Waals surface area contributed by atoms with Crippen LogP contribution in [0.25, 0.3) is 0 Å². The van der Waals surface area contributed by atoms with Gasteiger partial charge in [-0.2, -0.15) is 0 Å². The molecule has 3 N–H and O–H groups in total. The molecule has 19 heavy (non-hydrogen) atoms. The lowest BCUT2D eigenvalue weighted by molar-refractivity contribution is 0.471. The van der Waals surface area contributed by atoms with Crippen molar-refractivity contribution < 1.29 is 8.42 Å². The molecule has 2 aliphatic rings. The maximum Gasteiger partial charge on any atom is 0.242 e. The minimum atomic E-state index is -3.58. The molecule has 0 unspecified atom stereocenters. The van der Waals surface area contributed by atoms with Crippen LogP contribution in [0.3, 0.4) is 0 Å². The summed E-state index contributed by atoms with van der Waals surface area (Å²) in [6, 6.07) is 4.61. The third-order valence-electron chi connectivity index (χ3n) is 3.80. The van der Waals surface area contributed by atoms with Crippen LogP contribution < -0.4 is 10.5 Å². The van der Waals surface area contributed by atoms with Gasteiger partial charge in [0.1, 0.15) is 4.90 Å². The maximum atomic E-state index is 12.4. The average molecular weight is 301 g/mol. The lowest BCUT2D eigenvalue weighted by Crippen LogP contribution is -2.38. The molecule has 1 aromatic rings. The number of nitrogen functional groups attached to an aromatic ring is 1. The van der Waals surface area contributed by atoms with Crippen LogP contribution in [0.15, 0.2) is 23.1 Å². The molecule has 3 rings (SSSR count). The Morgan fingerprint density at radius 1 is 1.21 bits per heavy atom. The first-order valence-electron chi connectivity index (χ1n) is 6.55. The van der Waals surface area contributed by atoms with Gasteiger partial charge in [0.25, 0.3) is 0 Å². The molecule has 0 heterocycles. The number of sulfonamides is 1. The van der Waals surface area contributed by atoms with Crippen LogP contribution in [0.5, 0.6) is 0 Å². The minimum absolute atomic E-state index is 0.0718. The lowest BCUT2D eigenvalue weighted by Gasteiger charge is -2.18. The molecule has 2 saturated carbocycles. The van der Waals surface area contributed by atoms with Crippen LogP contribution in [-0.2, 0) is 10.0 Å². The van der Waals surface area contributed by atoms with Crippen molar-refractivity contribution in [3.63, 3.8) is 0 Å². The van der Waals surface area contributed by atoms with Crippen molar-refractivity contribution in [1.82, 2.24) is 4.72 Å². The Morgan fingerprint density at radius 2 is 1.79 bits per heavy atom. The zero-order valence-corrected chi connectivity index (χ0v) is 12.0. The van der Waals surface area contributed by atoms with E-state index in [1.54, 1.807) is 6.07 Å². The highest BCUT2D eigenvalue weighted by Gasteiger charge is 2.43. The van der Waals surface area contributed by atoms with Crippen molar-refractivity contribution in [2.75, 3.05) is 5.73 Å². The van der Waals surface area contributed by atoms with Crippen molar-refractivity contribution in [1.29, 1.82) is 0 Å². The van der Waals surface area contributed by atoms with Gasteiger partial charge in [-0.05, 0) is 55.7 Å². The van der Waals surface area contributed by atoms with Crippen molar-refractivity contribution in [3.8, 4) is 0 Å². The predicted octanol–water partition coefficient (Wildman–Crippen LogP) is 2.39. The second kappa shape index (κ2) is 4.65. The maximum absolute atomic E-state index is 12.4. The number of hydrogen-bond donors (Lipinski definition) is 2. The van der Waals surface area contributed by atoms with Crippen LogP contribution >= 0.6 is 11.6 Å². The second-order valence-corrected chi connectivity index (χ2v) is 7.60. The molecule has 1 aromatic carbocycles. The number of hydrogen-bond acceptors (Lipinski definition) is 3. The first-order valence-corrected chi connectivity index (χ1v) is 8.41. The summed E-state index contributed by atoms with van der Waals surface area (Å²) in [6.45, 7) is 0. The summed E-state index contributed by atoms with van der Waals surface area (Å²) in [5, 5.41) is 0.215. The molecule has 0 spiro atoms. The Bertz CT molecular complexity index is 583. The number of halogens is 1. The fourth-order valence-corrected chi connectivity index (χ4v) is 4.36. The van der Waals surface area contributed by atoms with Crippen LogP contribution in [0.2, 0.25) is 5.02 Å². The van der Waals surface area contributed by atoms with Gasteiger partial charge in [0.05, 0.1) is 5.02 Å². The molecule has 4 nitrogen and oxygen atoms in total. The van der Waals surface area contributed by atoms with Gasteiger partial charge in [0, 0.05) is 11.7 Å². The summed E-state index contributed by atoms with van der Waals surface area (Å²) in [6.07, 6.45) is 4.48. The molecular weight excluding hydrogens is 284 g/mol. The van der Waals surface area contributed by atoms with E-state index in [2.05, 4.69) is 4.72 Å². The quantitative estimate of drug-likeness (QED) is 0.820. The van der Waals surface area contributed by atoms with Gasteiger partial charge in [-0.25, -0.2) is 13.1 Å². The Kier molecular flexibility index (Phi) is 3.23. The zero-order chi connectivity index (χ0) is 13.6. The third-order valence-corrected chi connectivity index (χ3v) is 5.74. The SMILES string of the molecule is Nc1ccc(Cl)c(S(=O)(=O)NC(C2CC2)C2CC2)c1. The number of benzene rings is 1. The van der Waals surface area contributed by atoms with Crippen LogP contribution in [-0.4, -0.2) is 14.5 Å². The normalized spacial score (nSPS) is 19.9. The van der Waals surface area contributed by atoms with E-state index in [0.29, 0.717) is 17.5 Å². The Labute approximate surface area is 118 Å². The molecule has 0 bridgehead atoms. The molecule has 0 saturated heterocycles. The summed E-state index contributed by atoms with van der Waals surface area (Å²) < 4.78 is 27.7. The van der Waals surface area contributed by atoms with Crippen molar-refractivity contribution in [3.05, 3.63) is 23.2 Å². The van der Waals surface area contributed by atoms with Gasteiger partial charge in [0.15, 0.2) is 0 Å². The van der Waals surface area contributed by atoms with E-state index in [9.17, 15) is 8.42 Å². The minimum Gasteiger partial charge on any atom is -0.399 e. The fraction of sp³-hybridized carbons (Fsp3) is 0.538. The summed E-state index contributed by atoms with van der Waals surface area (Å²) in [5.41, 5.74) is 6.05. The van der Waals surface area contributed by atoms with E-state index in [0.717, 1.165) is 25.7 Å². The molecule has 104 valence electrons. The highest BCUT2D eigenvalue weighted by Crippen LogP contribution is 2.45. The van der Waals surface area contributed by atoms with E-state index in [1.165, 1.54) is 12.1 Å². The highest BCUT2D eigenvalue weighted by atomic mass is 35.5. The van der Waals surface area contributed by atoms with Crippen molar-refractivity contribution >= 4 is 27.3 Å². The van der Waals surface area contributed by atoms with Gasteiger partial charge in [-0.1, -0.05) is 11.6 Å². The molecule has 2 fully saturated rings. The topological polar surface area (TPSA) is 72.2 Å². The fourth-order valence-electron chi connectivity index (χ4n) is 2.46. The van der Waals surface area contributed by atoms with Crippen molar-refractivity contribution in [2.45, 2.75) is 36.6 Å². The second-order valence-electron chi connectivity index (χ2n) is 5.51. The molecule has 0 aromatic heterocycles. The highest BCUT2D eigenvalue weighted by molar-refractivity contribution is 7.89. The van der Waals surface area contributed by atoms with Crippen LogP contribution in [0.4, 0.5) is 5.69 Å².